The maximum atomic E-state index is 12.7. The monoisotopic (exact) mass is 345 g/mol. The highest BCUT2D eigenvalue weighted by molar-refractivity contribution is 5.81. The summed E-state index contributed by atoms with van der Waals surface area (Å²) in [7, 11) is 0. The van der Waals surface area contributed by atoms with Crippen LogP contribution in [0, 0.1) is 0 Å². The van der Waals surface area contributed by atoms with Crippen LogP contribution in [0.4, 0.5) is 4.79 Å². The van der Waals surface area contributed by atoms with Crippen molar-refractivity contribution in [3.05, 3.63) is 30.1 Å². The minimum absolute atomic E-state index is 0.00783. The van der Waals surface area contributed by atoms with Gasteiger partial charge in [0.2, 0.25) is 0 Å². The molecule has 3 unspecified atom stereocenters. The van der Waals surface area contributed by atoms with Gasteiger partial charge in [0.05, 0.1) is 6.04 Å². The van der Waals surface area contributed by atoms with Crippen LogP contribution < -0.4 is 0 Å². The predicted octanol–water partition coefficient (Wildman–Crippen LogP) is 3.56. The highest BCUT2D eigenvalue weighted by Crippen LogP contribution is 2.42. The van der Waals surface area contributed by atoms with Crippen LogP contribution in [-0.4, -0.2) is 43.8 Å². The zero-order valence-corrected chi connectivity index (χ0v) is 15.5. The molecule has 6 heteroatoms. The molecule has 2 N–H and O–H groups in total. The first-order valence-electron chi connectivity index (χ1n) is 8.80. The SMILES string of the molecule is CC1CCC(O)(c2c[nH]c3ncccc23)C(C)N1C(=O)OC(C)(C)C. The fourth-order valence-electron chi connectivity index (χ4n) is 3.72. The van der Waals surface area contributed by atoms with E-state index < -0.39 is 17.2 Å². The molecule has 0 aromatic carbocycles. The lowest BCUT2D eigenvalue weighted by Crippen LogP contribution is -2.59. The topological polar surface area (TPSA) is 78.5 Å². The summed E-state index contributed by atoms with van der Waals surface area (Å²) in [4.78, 5) is 21.8. The molecule has 6 nitrogen and oxygen atoms in total. The molecule has 0 spiro atoms. The van der Waals surface area contributed by atoms with E-state index >= 15 is 0 Å². The van der Waals surface area contributed by atoms with Crippen molar-refractivity contribution < 1.29 is 14.6 Å². The first kappa shape index (κ1) is 17.7. The number of piperidine rings is 1. The number of amides is 1. The fraction of sp³-hybridized carbons (Fsp3) is 0.579. The van der Waals surface area contributed by atoms with Gasteiger partial charge in [-0.25, -0.2) is 9.78 Å². The van der Waals surface area contributed by atoms with E-state index in [4.69, 9.17) is 4.74 Å². The number of hydrogen-bond acceptors (Lipinski definition) is 4. The van der Waals surface area contributed by atoms with Crippen LogP contribution >= 0.6 is 0 Å². The van der Waals surface area contributed by atoms with Crippen molar-refractivity contribution >= 4 is 17.1 Å². The number of aromatic nitrogens is 2. The Morgan fingerprint density at radius 2 is 2.16 bits per heavy atom. The standard InChI is InChI=1S/C19H27N3O3/c1-12-8-9-19(24,13(2)22(12)17(23)25-18(3,4)5)15-11-21-16-14(15)7-6-10-20-16/h6-7,10-13,24H,8-9H2,1-5H3,(H,20,21). The summed E-state index contributed by atoms with van der Waals surface area (Å²) in [6.07, 6.45) is 4.41. The molecule has 3 rings (SSSR count). The largest absolute Gasteiger partial charge is 0.444 e. The van der Waals surface area contributed by atoms with Crippen molar-refractivity contribution in [2.75, 3.05) is 0 Å². The van der Waals surface area contributed by atoms with Crippen LogP contribution in [0.1, 0.15) is 53.0 Å². The summed E-state index contributed by atoms with van der Waals surface area (Å²) < 4.78 is 5.57. The van der Waals surface area contributed by atoms with E-state index in [0.29, 0.717) is 12.8 Å². The molecule has 2 aromatic rings. The Balaban J connectivity index is 1.98. The number of ether oxygens (including phenoxy) is 1. The quantitative estimate of drug-likeness (QED) is 0.828. The van der Waals surface area contributed by atoms with E-state index in [1.54, 1.807) is 17.3 Å². The van der Waals surface area contributed by atoms with Crippen molar-refractivity contribution in [2.45, 2.75) is 70.7 Å². The van der Waals surface area contributed by atoms with Gasteiger partial charge >= 0.3 is 6.09 Å². The second-order valence-corrected chi connectivity index (χ2v) is 7.98. The van der Waals surface area contributed by atoms with Gasteiger partial charge in [-0.2, -0.15) is 0 Å². The van der Waals surface area contributed by atoms with E-state index in [2.05, 4.69) is 9.97 Å². The molecule has 0 bridgehead atoms. The number of aromatic amines is 1. The summed E-state index contributed by atoms with van der Waals surface area (Å²) in [5.41, 5.74) is -0.203. The molecular formula is C19H27N3O3. The number of carbonyl (C=O) groups is 1. The van der Waals surface area contributed by atoms with Gasteiger partial charge < -0.3 is 14.8 Å². The average molecular weight is 345 g/mol. The van der Waals surface area contributed by atoms with Crippen LogP contribution in [0.5, 0.6) is 0 Å². The lowest BCUT2D eigenvalue weighted by molar-refractivity contribution is -0.0973. The molecule has 25 heavy (non-hydrogen) atoms. The normalized spacial score (nSPS) is 27.5. The third-order valence-electron chi connectivity index (χ3n) is 5.05. The fourth-order valence-corrected chi connectivity index (χ4v) is 3.72. The van der Waals surface area contributed by atoms with Gasteiger partial charge in [-0.1, -0.05) is 0 Å². The van der Waals surface area contributed by atoms with Crippen LogP contribution in [-0.2, 0) is 10.3 Å². The first-order valence-corrected chi connectivity index (χ1v) is 8.80. The molecule has 1 fully saturated rings. The third kappa shape index (κ3) is 3.11. The Kier molecular flexibility index (Phi) is 4.27. The Labute approximate surface area is 148 Å². The van der Waals surface area contributed by atoms with Gasteiger partial charge in [0.1, 0.15) is 16.8 Å². The van der Waals surface area contributed by atoms with E-state index in [1.165, 1.54) is 0 Å². The number of nitrogens with one attached hydrogen (secondary N) is 1. The molecule has 0 saturated carbocycles. The minimum atomic E-state index is -1.15. The third-order valence-corrected chi connectivity index (χ3v) is 5.05. The van der Waals surface area contributed by atoms with Gasteiger partial charge in [-0.15, -0.1) is 0 Å². The molecular weight excluding hydrogens is 318 g/mol. The van der Waals surface area contributed by atoms with Crippen molar-refractivity contribution in [1.82, 2.24) is 14.9 Å². The number of nitrogens with zero attached hydrogens (tertiary/aromatic N) is 2. The molecule has 1 saturated heterocycles. The Morgan fingerprint density at radius 1 is 1.44 bits per heavy atom. The van der Waals surface area contributed by atoms with Crippen LogP contribution in [0.2, 0.25) is 0 Å². The van der Waals surface area contributed by atoms with Gasteiger partial charge in [-0.3, -0.25) is 4.90 Å². The van der Waals surface area contributed by atoms with E-state index in [9.17, 15) is 9.90 Å². The lowest BCUT2D eigenvalue weighted by Gasteiger charge is -2.48. The van der Waals surface area contributed by atoms with Crippen molar-refractivity contribution in [2.24, 2.45) is 0 Å². The smallest absolute Gasteiger partial charge is 0.410 e. The second-order valence-electron chi connectivity index (χ2n) is 7.98. The number of carbonyl (C=O) groups excluding carboxylic acids is 1. The number of rotatable bonds is 1. The van der Waals surface area contributed by atoms with Crippen molar-refractivity contribution in [3.8, 4) is 0 Å². The summed E-state index contributed by atoms with van der Waals surface area (Å²) in [5, 5.41) is 12.4. The highest BCUT2D eigenvalue weighted by atomic mass is 16.6. The number of fused-ring (bicyclic) bond motifs is 1. The molecule has 1 aliphatic heterocycles. The lowest BCUT2D eigenvalue weighted by atomic mass is 9.77. The van der Waals surface area contributed by atoms with Crippen LogP contribution in [0.3, 0.4) is 0 Å². The molecule has 2 aromatic heterocycles. The summed E-state index contributed by atoms with van der Waals surface area (Å²) >= 11 is 0. The van der Waals surface area contributed by atoms with Crippen LogP contribution in [0.15, 0.2) is 24.5 Å². The van der Waals surface area contributed by atoms with Gasteiger partial charge in [0.25, 0.3) is 0 Å². The molecule has 1 aliphatic rings. The van der Waals surface area contributed by atoms with E-state index in [-0.39, 0.29) is 12.1 Å². The molecule has 0 radical (unpaired) electrons. The number of likely N-dealkylation sites (tertiary alicyclic amines) is 1. The van der Waals surface area contributed by atoms with Gasteiger partial charge in [-0.05, 0) is 59.6 Å². The maximum absolute atomic E-state index is 12.7. The number of hydrogen-bond donors (Lipinski definition) is 2. The maximum Gasteiger partial charge on any atom is 0.410 e. The highest BCUT2D eigenvalue weighted by Gasteiger charge is 2.48. The van der Waals surface area contributed by atoms with E-state index in [0.717, 1.165) is 16.6 Å². The Morgan fingerprint density at radius 3 is 2.84 bits per heavy atom. The Hall–Kier alpha value is -2.08. The molecule has 3 heterocycles. The van der Waals surface area contributed by atoms with Gasteiger partial charge in [0, 0.05) is 29.4 Å². The predicted molar refractivity (Wildman–Crippen MR) is 96.2 cm³/mol. The van der Waals surface area contributed by atoms with Crippen LogP contribution in [0.25, 0.3) is 11.0 Å². The summed E-state index contributed by atoms with van der Waals surface area (Å²) in [6, 6.07) is 3.39. The number of H-pyrrole nitrogens is 1. The molecule has 3 atom stereocenters. The van der Waals surface area contributed by atoms with E-state index in [1.807, 2.05) is 46.8 Å². The molecule has 0 aliphatic carbocycles. The minimum Gasteiger partial charge on any atom is -0.444 e. The number of aliphatic hydroxyl groups is 1. The zero-order valence-electron chi connectivity index (χ0n) is 15.5. The average Bonchev–Trinajstić information content (AvgIpc) is 2.94. The summed E-state index contributed by atoms with van der Waals surface area (Å²) in [5.74, 6) is 0. The summed E-state index contributed by atoms with van der Waals surface area (Å²) in [6.45, 7) is 9.43. The zero-order chi connectivity index (χ0) is 18.4. The van der Waals surface area contributed by atoms with Crippen molar-refractivity contribution in [1.29, 1.82) is 0 Å². The molecule has 136 valence electrons. The second kappa shape index (κ2) is 6.02. The first-order chi connectivity index (χ1) is 11.6. The molecule has 1 amide bonds. The van der Waals surface area contributed by atoms with Crippen molar-refractivity contribution in [3.63, 3.8) is 0 Å². The Bertz CT molecular complexity index is 780. The number of pyridine rings is 1. The van der Waals surface area contributed by atoms with Gasteiger partial charge in [0.15, 0.2) is 0 Å².